The molecule has 0 unspecified atom stereocenters. The highest BCUT2D eigenvalue weighted by atomic mass is 19.1. The fourth-order valence-corrected chi connectivity index (χ4v) is 3.61. The van der Waals surface area contributed by atoms with Crippen molar-refractivity contribution in [2.24, 2.45) is 0 Å². The molecule has 4 nitrogen and oxygen atoms in total. The van der Waals surface area contributed by atoms with Crippen molar-refractivity contribution in [3.05, 3.63) is 66.6 Å². The van der Waals surface area contributed by atoms with Crippen LogP contribution in [0.4, 0.5) is 4.39 Å². The number of benzene rings is 3. The van der Waals surface area contributed by atoms with E-state index in [0.29, 0.717) is 6.54 Å². The second-order valence-electron chi connectivity index (χ2n) is 6.58. The third-order valence-corrected chi connectivity index (χ3v) is 4.97. The Bertz CT molecular complexity index is 1160. The van der Waals surface area contributed by atoms with Crippen LogP contribution in [-0.2, 0) is 6.54 Å². The number of pyridine rings is 1. The number of hydrogen-bond donors (Lipinski definition) is 1. The van der Waals surface area contributed by atoms with Crippen molar-refractivity contribution in [2.45, 2.75) is 6.54 Å². The monoisotopic (exact) mass is 378 g/mol. The maximum atomic E-state index is 14.0. The van der Waals surface area contributed by atoms with Crippen LogP contribution in [-0.4, -0.2) is 25.9 Å². The molecule has 0 saturated carbocycles. The van der Waals surface area contributed by atoms with Gasteiger partial charge < -0.3 is 14.6 Å². The number of aliphatic hydroxyl groups excluding tert-OH is 1. The summed E-state index contributed by atoms with van der Waals surface area (Å²) in [5, 5.41) is 12.1. The number of hydrogen-bond acceptors (Lipinski definition) is 3. The fraction of sp³-hybridized carbons (Fsp3) is 0.174. The predicted molar refractivity (Wildman–Crippen MR) is 107 cm³/mol. The van der Waals surface area contributed by atoms with Gasteiger partial charge in [-0.1, -0.05) is 12.1 Å². The third-order valence-electron chi connectivity index (χ3n) is 4.97. The molecule has 0 aliphatic rings. The van der Waals surface area contributed by atoms with Crippen LogP contribution in [0.3, 0.4) is 0 Å². The summed E-state index contributed by atoms with van der Waals surface area (Å²) in [5.74, 6) is 1.21. The average Bonchev–Trinajstić information content (AvgIpc) is 2.73. The van der Waals surface area contributed by atoms with Crippen LogP contribution < -0.4 is 14.0 Å². The van der Waals surface area contributed by atoms with Crippen LogP contribution in [0.2, 0.25) is 0 Å². The molecule has 1 N–H and O–H groups in total. The van der Waals surface area contributed by atoms with E-state index in [2.05, 4.69) is 0 Å². The van der Waals surface area contributed by atoms with E-state index in [0.717, 1.165) is 44.3 Å². The van der Waals surface area contributed by atoms with Gasteiger partial charge in [-0.2, -0.15) is 4.57 Å². The van der Waals surface area contributed by atoms with Crippen LogP contribution in [0, 0.1) is 5.82 Å². The normalized spacial score (nSPS) is 11.1. The molecule has 0 saturated heterocycles. The SMILES string of the molecule is COc1ccc(-c2cc3c(cc2OC)c[n+](CCO)c2ccc(F)cc32)cc1. The summed E-state index contributed by atoms with van der Waals surface area (Å²) >= 11 is 0. The van der Waals surface area contributed by atoms with E-state index < -0.39 is 0 Å². The number of aromatic nitrogens is 1. The van der Waals surface area contributed by atoms with Crippen molar-refractivity contribution < 1.29 is 23.5 Å². The Kier molecular flexibility index (Phi) is 4.84. The van der Waals surface area contributed by atoms with Crippen LogP contribution in [0.5, 0.6) is 11.5 Å². The molecule has 3 aromatic carbocycles. The summed E-state index contributed by atoms with van der Waals surface area (Å²) in [7, 11) is 3.27. The number of ether oxygens (including phenoxy) is 2. The van der Waals surface area contributed by atoms with Crippen molar-refractivity contribution in [3.8, 4) is 22.6 Å². The molecule has 0 aliphatic heterocycles. The smallest absolute Gasteiger partial charge is 0.213 e. The molecule has 1 aromatic heterocycles. The zero-order valence-corrected chi connectivity index (χ0v) is 15.8. The second kappa shape index (κ2) is 7.44. The summed E-state index contributed by atoms with van der Waals surface area (Å²) in [6, 6.07) is 16.4. The van der Waals surface area contributed by atoms with Crippen LogP contribution in [0.25, 0.3) is 32.8 Å². The van der Waals surface area contributed by atoms with E-state index in [9.17, 15) is 9.50 Å². The van der Waals surface area contributed by atoms with Gasteiger partial charge in [0.25, 0.3) is 0 Å². The van der Waals surface area contributed by atoms with E-state index in [1.165, 1.54) is 12.1 Å². The second-order valence-corrected chi connectivity index (χ2v) is 6.58. The van der Waals surface area contributed by atoms with Crippen LogP contribution >= 0.6 is 0 Å². The van der Waals surface area contributed by atoms with Gasteiger partial charge in [-0.15, -0.1) is 0 Å². The molecule has 4 aromatic rings. The standard InChI is InChI=1S/C23H21FNO3/c1-27-18-6-3-15(4-7-18)20-13-19-16(11-23(20)28-2)14-25(9-10-26)22-8-5-17(24)12-21(19)22/h3-8,11-14,26H,9-10H2,1-2H3/q+1. The number of fused-ring (bicyclic) bond motifs is 3. The molecule has 0 radical (unpaired) electrons. The lowest BCUT2D eigenvalue weighted by molar-refractivity contribution is -0.671. The van der Waals surface area contributed by atoms with Crippen molar-refractivity contribution in [1.82, 2.24) is 0 Å². The Balaban J connectivity index is 2.03. The predicted octanol–water partition coefficient (Wildman–Crippen LogP) is 4.10. The van der Waals surface area contributed by atoms with Gasteiger partial charge in [-0.25, -0.2) is 4.39 Å². The Morgan fingerprint density at radius 1 is 0.929 bits per heavy atom. The molecule has 0 fully saturated rings. The van der Waals surface area contributed by atoms with E-state index in [-0.39, 0.29) is 12.4 Å². The minimum absolute atomic E-state index is 0.00369. The average molecular weight is 378 g/mol. The quantitative estimate of drug-likeness (QED) is 0.420. The minimum Gasteiger partial charge on any atom is -0.497 e. The molecule has 142 valence electrons. The molecule has 1 heterocycles. The highest BCUT2D eigenvalue weighted by Crippen LogP contribution is 2.36. The lowest BCUT2D eigenvalue weighted by Gasteiger charge is -2.13. The van der Waals surface area contributed by atoms with Crippen molar-refractivity contribution >= 4 is 21.7 Å². The van der Waals surface area contributed by atoms with Gasteiger partial charge in [0.1, 0.15) is 23.9 Å². The van der Waals surface area contributed by atoms with E-state index in [1.54, 1.807) is 20.3 Å². The molecular weight excluding hydrogens is 357 g/mol. The van der Waals surface area contributed by atoms with E-state index in [4.69, 9.17) is 9.47 Å². The summed E-state index contributed by atoms with van der Waals surface area (Å²) in [6.07, 6.45) is 1.96. The number of aliphatic hydroxyl groups is 1. The maximum Gasteiger partial charge on any atom is 0.213 e. The van der Waals surface area contributed by atoms with Gasteiger partial charge in [0.05, 0.1) is 25.0 Å². The lowest BCUT2D eigenvalue weighted by Crippen LogP contribution is -2.36. The summed E-state index contributed by atoms with van der Waals surface area (Å²) in [6.45, 7) is 0.435. The number of methoxy groups -OCH3 is 2. The first-order valence-corrected chi connectivity index (χ1v) is 9.03. The van der Waals surface area contributed by atoms with Gasteiger partial charge in [-0.05, 0) is 42.0 Å². The lowest BCUT2D eigenvalue weighted by atomic mass is 9.98. The Labute approximate surface area is 162 Å². The molecule has 0 atom stereocenters. The summed E-state index contributed by atoms with van der Waals surface area (Å²) < 4.78 is 26.9. The molecule has 28 heavy (non-hydrogen) atoms. The zero-order valence-electron chi connectivity index (χ0n) is 15.8. The number of halogens is 1. The Morgan fingerprint density at radius 3 is 2.39 bits per heavy atom. The Morgan fingerprint density at radius 2 is 1.71 bits per heavy atom. The molecule has 5 heteroatoms. The van der Waals surface area contributed by atoms with Gasteiger partial charge >= 0.3 is 0 Å². The third kappa shape index (κ3) is 3.14. The number of rotatable bonds is 5. The summed E-state index contributed by atoms with van der Waals surface area (Å²) in [5.41, 5.74) is 2.77. The highest BCUT2D eigenvalue weighted by molar-refractivity contribution is 6.06. The minimum atomic E-state index is -0.294. The van der Waals surface area contributed by atoms with Gasteiger partial charge in [0, 0.05) is 17.0 Å². The maximum absolute atomic E-state index is 14.0. The Hall–Kier alpha value is -3.18. The van der Waals surface area contributed by atoms with Crippen molar-refractivity contribution in [1.29, 1.82) is 0 Å². The van der Waals surface area contributed by atoms with Gasteiger partial charge in [-0.3, -0.25) is 0 Å². The first-order chi connectivity index (χ1) is 13.6. The zero-order chi connectivity index (χ0) is 19.7. The summed E-state index contributed by atoms with van der Waals surface area (Å²) in [4.78, 5) is 0. The molecule has 4 rings (SSSR count). The van der Waals surface area contributed by atoms with Crippen molar-refractivity contribution in [3.63, 3.8) is 0 Å². The number of nitrogens with zero attached hydrogens (tertiary/aromatic N) is 1. The first kappa shape index (κ1) is 18.2. The van der Waals surface area contributed by atoms with Gasteiger partial charge in [0.15, 0.2) is 12.7 Å². The van der Waals surface area contributed by atoms with Crippen LogP contribution in [0.1, 0.15) is 0 Å². The molecular formula is C23H21FNO3+. The largest absolute Gasteiger partial charge is 0.497 e. The van der Waals surface area contributed by atoms with Crippen molar-refractivity contribution in [2.75, 3.05) is 20.8 Å². The topological polar surface area (TPSA) is 42.6 Å². The molecule has 0 bridgehead atoms. The van der Waals surface area contributed by atoms with Crippen LogP contribution in [0.15, 0.2) is 60.8 Å². The first-order valence-electron chi connectivity index (χ1n) is 9.03. The van der Waals surface area contributed by atoms with E-state index >= 15 is 0 Å². The fourth-order valence-electron chi connectivity index (χ4n) is 3.61. The molecule has 0 amide bonds. The van der Waals surface area contributed by atoms with E-state index in [1.807, 2.05) is 47.2 Å². The highest BCUT2D eigenvalue weighted by Gasteiger charge is 2.17. The molecule has 0 aliphatic carbocycles. The van der Waals surface area contributed by atoms with Gasteiger partial charge in [0.2, 0.25) is 5.52 Å². The molecule has 0 spiro atoms.